The second-order valence-corrected chi connectivity index (χ2v) is 6.96. The van der Waals surface area contributed by atoms with Crippen LogP contribution in [0.5, 0.6) is 0 Å². The zero-order valence-electron chi connectivity index (χ0n) is 13.2. The van der Waals surface area contributed by atoms with Crippen LogP contribution < -0.4 is 5.32 Å². The third-order valence-corrected chi connectivity index (χ3v) is 5.23. The molecule has 1 N–H and O–H groups in total. The summed E-state index contributed by atoms with van der Waals surface area (Å²) in [6.45, 7) is 8.06. The monoisotopic (exact) mass is 308 g/mol. The highest BCUT2D eigenvalue weighted by atomic mass is 32.1. The van der Waals surface area contributed by atoms with Crippen molar-refractivity contribution < 1.29 is 9.59 Å². The van der Waals surface area contributed by atoms with E-state index in [9.17, 15) is 9.59 Å². The summed E-state index contributed by atoms with van der Waals surface area (Å²) in [6.07, 6.45) is 2.23. The third kappa shape index (κ3) is 3.12. The topological polar surface area (TPSA) is 49.4 Å². The maximum absolute atomic E-state index is 12.8. The Hall–Kier alpha value is -1.36. The van der Waals surface area contributed by atoms with Crippen molar-refractivity contribution in [2.24, 2.45) is 0 Å². The fraction of sp³-hybridized carbons (Fsp3) is 0.625. The molecule has 1 fully saturated rings. The van der Waals surface area contributed by atoms with Gasteiger partial charge < -0.3 is 10.2 Å². The summed E-state index contributed by atoms with van der Waals surface area (Å²) in [4.78, 5) is 29.2. The summed E-state index contributed by atoms with van der Waals surface area (Å²) in [5.41, 5.74) is 0. The number of aryl methyl sites for hydroxylation is 1. The van der Waals surface area contributed by atoms with Crippen molar-refractivity contribution in [3.8, 4) is 0 Å². The summed E-state index contributed by atoms with van der Waals surface area (Å²) in [6, 6.07) is 3.35. The van der Waals surface area contributed by atoms with Crippen molar-refractivity contribution in [2.45, 2.75) is 65.1 Å². The van der Waals surface area contributed by atoms with E-state index in [1.54, 1.807) is 16.2 Å². The quantitative estimate of drug-likeness (QED) is 0.909. The zero-order valence-corrected chi connectivity index (χ0v) is 14.0. The molecule has 4 nitrogen and oxygen atoms in total. The summed E-state index contributed by atoms with van der Waals surface area (Å²) in [7, 11) is 0. The smallest absolute Gasteiger partial charge is 0.246 e. The van der Waals surface area contributed by atoms with Crippen LogP contribution in [0.1, 0.15) is 55.8 Å². The predicted octanol–water partition coefficient (Wildman–Crippen LogP) is 3.02. The highest BCUT2D eigenvalue weighted by molar-refractivity contribution is 7.12. The van der Waals surface area contributed by atoms with Crippen LogP contribution in [-0.2, 0) is 9.59 Å². The Kier molecular flexibility index (Phi) is 5.04. The van der Waals surface area contributed by atoms with E-state index in [2.05, 4.69) is 24.4 Å². The number of carbonyl (C=O) groups excluding carboxylic acids is 2. The van der Waals surface area contributed by atoms with E-state index in [4.69, 9.17) is 0 Å². The van der Waals surface area contributed by atoms with Gasteiger partial charge in [0, 0.05) is 9.75 Å². The molecule has 1 aliphatic heterocycles. The third-order valence-electron chi connectivity index (χ3n) is 4.06. The predicted molar refractivity (Wildman–Crippen MR) is 85.2 cm³/mol. The van der Waals surface area contributed by atoms with Gasteiger partial charge in [0.2, 0.25) is 11.8 Å². The van der Waals surface area contributed by atoms with Crippen molar-refractivity contribution in [1.29, 1.82) is 0 Å². The molecule has 2 rings (SSSR count). The Morgan fingerprint density at radius 3 is 2.57 bits per heavy atom. The minimum atomic E-state index is -0.367. The SMILES string of the molecule is CCCC1NC(=O)C(CC)N(C(C)c2ccc(C)s2)C1=O. The van der Waals surface area contributed by atoms with Crippen LogP contribution in [0.3, 0.4) is 0 Å². The van der Waals surface area contributed by atoms with Crippen LogP contribution in [0.2, 0.25) is 0 Å². The first-order valence-electron chi connectivity index (χ1n) is 7.68. The molecule has 1 aromatic heterocycles. The van der Waals surface area contributed by atoms with E-state index in [1.807, 2.05) is 20.8 Å². The second kappa shape index (κ2) is 6.60. The molecule has 0 radical (unpaired) electrons. The van der Waals surface area contributed by atoms with Crippen molar-refractivity contribution in [2.75, 3.05) is 0 Å². The molecule has 21 heavy (non-hydrogen) atoms. The van der Waals surface area contributed by atoms with Gasteiger partial charge in [0.15, 0.2) is 0 Å². The van der Waals surface area contributed by atoms with Gasteiger partial charge in [-0.15, -0.1) is 11.3 Å². The number of rotatable bonds is 5. The summed E-state index contributed by atoms with van der Waals surface area (Å²) < 4.78 is 0. The number of thiophene rings is 1. The molecule has 1 aromatic rings. The lowest BCUT2D eigenvalue weighted by Gasteiger charge is -2.41. The van der Waals surface area contributed by atoms with E-state index in [-0.39, 0.29) is 29.9 Å². The van der Waals surface area contributed by atoms with Crippen LogP contribution >= 0.6 is 11.3 Å². The number of hydrogen-bond donors (Lipinski definition) is 1. The van der Waals surface area contributed by atoms with Gasteiger partial charge in [0.1, 0.15) is 12.1 Å². The molecule has 0 spiro atoms. The normalized spacial score (nSPS) is 24.1. The van der Waals surface area contributed by atoms with Crippen LogP contribution in [0.15, 0.2) is 12.1 Å². The lowest BCUT2D eigenvalue weighted by atomic mass is 9.99. The summed E-state index contributed by atoms with van der Waals surface area (Å²) in [5, 5.41) is 2.88. The van der Waals surface area contributed by atoms with E-state index in [0.29, 0.717) is 12.8 Å². The molecule has 3 unspecified atom stereocenters. The van der Waals surface area contributed by atoms with Crippen LogP contribution in [-0.4, -0.2) is 28.8 Å². The van der Waals surface area contributed by atoms with Gasteiger partial charge >= 0.3 is 0 Å². The molecule has 0 aliphatic carbocycles. The Labute approximate surface area is 130 Å². The number of nitrogens with one attached hydrogen (secondary N) is 1. The second-order valence-electron chi connectivity index (χ2n) is 5.64. The Morgan fingerprint density at radius 1 is 1.33 bits per heavy atom. The lowest BCUT2D eigenvalue weighted by Crippen LogP contribution is -2.63. The Bertz CT molecular complexity index is 526. The molecule has 0 saturated carbocycles. The highest BCUT2D eigenvalue weighted by Crippen LogP contribution is 2.31. The van der Waals surface area contributed by atoms with Crippen molar-refractivity contribution >= 4 is 23.2 Å². The maximum Gasteiger partial charge on any atom is 0.246 e. The Balaban J connectivity index is 2.30. The zero-order chi connectivity index (χ0) is 15.6. The van der Waals surface area contributed by atoms with E-state index >= 15 is 0 Å². The first-order valence-corrected chi connectivity index (χ1v) is 8.50. The molecular weight excluding hydrogens is 284 g/mol. The van der Waals surface area contributed by atoms with Crippen LogP contribution in [0.4, 0.5) is 0 Å². The largest absolute Gasteiger partial charge is 0.343 e. The molecule has 0 bridgehead atoms. The van der Waals surface area contributed by atoms with Crippen LogP contribution in [0.25, 0.3) is 0 Å². The minimum absolute atomic E-state index is 0.0179. The molecule has 0 aromatic carbocycles. The number of piperazine rings is 1. The van der Waals surface area contributed by atoms with Gasteiger partial charge in [-0.25, -0.2) is 0 Å². The first kappa shape index (κ1) is 16.0. The molecule has 1 saturated heterocycles. The standard InChI is InChI=1S/C16H24N2O2S/c1-5-7-12-16(20)18(13(6-2)15(19)17-12)11(4)14-9-8-10(3)21-14/h8-9,11-13H,5-7H2,1-4H3,(H,17,19). The first-order chi connectivity index (χ1) is 9.99. The maximum atomic E-state index is 12.8. The molecule has 5 heteroatoms. The van der Waals surface area contributed by atoms with Gasteiger partial charge in [0.05, 0.1) is 6.04 Å². The molecule has 116 valence electrons. The van der Waals surface area contributed by atoms with Gasteiger partial charge in [-0.3, -0.25) is 9.59 Å². The van der Waals surface area contributed by atoms with E-state index in [1.165, 1.54) is 4.88 Å². The van der Waals surface area contributed by atoms with Gasteiger partial charge in [-0.05, 0) is 38.8 Å². The van der Waals surface area contributed by atoms with E-state index < -0.39 is 0 Å². The van der Waals surface area contributed by atoms with Gasteiger partial charge in [0.25, 0.3) is 0 Å². The van der Waals surface area contributed by atoms with E-state index in [0.717, 1.165) is 11.3 Å². The Morgan fingerprint density at radius 2 is 2.05 bits per heavy atom. The average molecular weight is 308 g/mol. The number of hydrogen-bond acceptors (Lipinski definition) is 3. The number of amides is 2. The molecular formula is C16H24N2O2S. The summed E-state index contributed by atoms with van der Waals surface area (Å²) in [5.74, 6) is 0.0394. The lowest BCUT2D eigenvalue weighted by molar-refractivity contribution is -0.152. The molecule has 3 atom stereocenters. The highest BCUT2D eigenvalue weighted by Gasteiger charge is 2.41. The van der Waals surface area contributed by atoms with Gasteiger partial charge in [-0.1, -0.05) is 20.3 Å². The van der Waals surface area contributed by atoms with Crippen molar-refractivity contribution in [1.82, 2.24) is 10.2 Å². The minimum Gasteiger partial charge on any atom is -0.343 e. The summed E-state index contributed by atoms with van der Waals surface area (Å²) >= 11 is 1.69. The van der Waals surface area contributed by atoms with Crippen molar-refractivity contribution in [3.05, 3.63) is 21.9 Å². The number of carbonyl (C=O) groups is 2. The molecule has 2 amide bonds. The fourth-order valence-corrected chi connectivity index (χ4v) is 3.86. The van der Waals surface area contributed by atoms with Crippen LogP contribution in [0, 0.1) is 6.92 Å². The number of nitrogens with zero attached hydrogens (tertiary/aromatic N) is 1. The average Bonchev–Trinajstić information content (AvgIpc) is 2.88. The molecule has 2 heterocycles. The molecule has 1 aliphatic rings. The fourth-order valence-electron chi connectivity index (χ4n) is 2.93. The van der Waals surface area contributed by atoms with Crippen molar-refractivity contribution in [3.63, 3.8) is 0 Å². The van der Waals surface area contributed by atoms with Gasteiger partial charge in [-0.2, -0.15) is 0 Å².